The fourth-order valence-corrected chi connectivity index (χ4v) is 2.78. The number of nitrogens with zero attached hydrogens (tertiary/aromatic N) is 2. The van der Waals surface area contributed by atoms with E-state index in [2.05, 4.69) is 45.0 Å². The molecule has 1 aromatic heterocycles. The number of nitrogens with one attached hydrogen (secondary N) is 1. The normalized spacial score (nSPS) is 10.7. The van der Waals surface area contributed by atoms with Gasteiger partial charge in [0.1, 0.15) is 0 Å². The summed E-state index contributed by atoms with van der Waals surface area (Å²) in [4.78, 5) is 15.8. The van der Waals surface area contributed by atoms with Crippen molar-refractivity contribution in [1.82, 2.24) is 10.4 Å². The van der Waals surface area contributed by atoms with E-state index in [1.54, 1.807) is 24.5 Å². The molecule has 1 amide bonds. The quantitative estimate of drug-likeness (QED) is 0.377. The molecule has 25 heavy (non-hydrogen) atoms. The molecule has 2 rings (SSSR count). The lowest BCUT2D eigenvalue weighted by atomic mass is 10.2. The van der Waals surface area contributed by atoms with Crippen LogP contribution in [0.15, 0.2) is 41.8 Å². The molecule has 0 radical (unpaired) electrons. The lowest BCUT2D eigenvalue weighted by Crippen LogP contribution is -2.17. The first-order chi connectivity index (χ1) is 12.2. The fraction of sp³-hybridized carbons (Fsp3) is 0.278. The molecule has 1 aromatic carbocycles. The number of aromatic nitrogens is 1. The number of hydrazone groups is 1. The molecule has 6 nitrogen and oxygen atoms in total. The zero-order valence-electron chi connectivity index (χ0n) is 14.2. The molecule has 7 heteroatoms. The summed E-state index contributed by atoms with van der Waals surface area (Å²) in [5, 5.41) is 4.00. The van der Waals surface area contributed by atoms with Gasteiger partial charge in [0.25, 0.3) is 5.91 Å². The summed E-state index contributed by atoms with van der Waals surface area (Å²) in [5.74, 6) is 1.09. The van der Waals surface area contributed by atoms with Crippen LogP contribution in [0.4, 0.5) is 0 Å². The molecule has 1 heterocycles. The highest BCUT2D eigenvalue weighted by Crippen LogP contribution is 2.34. The van der Waals surface area contributed by atoms with Crippen molar-refractivity contribution in [3.63, 3.8) is 0 Å². The molecule has 2 aromatic rings. The Balaban J connectivity index is 2.12. The van der Waals surface area contributed by atoms with Gasteiger partial charge in [-0.15, -0.1) is 0 Å². The number of benzene rings is 1. The molecule has 0 fully saturated rings. The second-order valence-electron chi connectivity index (χ2n) is 5.05. The van der Waals surface area contributed by atoms with Crippen molar-refractivity contribution in [3.8, 4) is 11.5 Å². The summed E-state index contributed by atoms with van der Waals surface area (Å²) in [6, 6.07) is 7.14. The molecule has 0 spiro atoms. The number of carbonyl (C=O) groups is 1. The van der Waals surface area contributed by atoms with Gasteiger partial charge in [0, 0.05) is 12.4 Å². The van der Waals surface area contributed by atoms with Gasteiger partial charge < -0.3 is 9.47 Å². The minimum absolute atomic E-state index is 0.313. The summed E-state index contributed by atoms with van der Waals surface area (Å²) >= 11 is 2.20. The van der Waals surface area contributed by atoms with Crippen LogP contribution in [-0.2, 0) is 0 Å². The van der Waals surface area contributed by atoms with Gasteiger partial charge in [-0.2, -0.15) is 5.10 Å². The highest BCUT2D eigenvalue weighted by atomic mass is 127. The number of rotatable bonds is 8. The standard InChI is InChI=1S/C18H20IN3O3/c1-3-8-25-17-15(19)9-13(10-16(17)24-4-2)11-21-22-18(23)14-6-5-7-20-12-14/h5-7,9-12H,3-4,8H2,1-2H3,(H,22,23)/b21-11+. The van der Waals surface area contributed by atoms with E-state index in [0.717, 1.165) is 21.3 Å². The van der Waals surface area contributed by atoms with E-state index >= 15 is 0 Å². The van der Waals surface area contributed by atoms with Crippen molar-refractivity contribution in [2.75, 3.05) is 13.2 Å². The highest BCUT2D eigenvalue weighted by Gasteiger charge is 2.11. The first kappa shape index (κ1) is 19.2. The topological polar surface area (TPSA) is 72.8 Å². The molecule has 0 atom stereocenters. The summed E-state index contributed by atoms with van der Waals surface area (Å²) in [7, 11) is 0. The maximum Gasteiger partial charge on any atom is 0.272 e. The molecule has 0 saturated carbocycles. The summed E-state index contributed by atoms with van der Waals surface area (Å²) in [6.45, 7) is 5.14. The van der Waals surface area contributed by atoms with E-state index in [1.807, 2.05) is 19.1 Å². The highest BCUT2D eigenvalue weighted by molar-refractivity contribution is 14.1. The molecule has 132 valence electrons. The number of hydrogen-bond donors (Lipinski definition) is 1. The minimum Gasteiger partial charge on any atom is -0.490 e. The number of amides is 1. The average Bonchev–Trinajstić information content (AvgIpc) is 2.62. The Morgan fingerprint density at radius 3 is 2.88 bits per heavy atom. The first-order valence-corrected chi connectivity index (χ1v) is 9.06. The Morgan fingerprint density at radius 1 is 1.36 bits per heavy atom. The molecule has 0 aliphatic rings. The Kier molecular flexibility index (Phi) is 7.65. The molecule has 1 N–H and O–H groups in total. The van der Waals surface area contributed by atoms with Crippen LogP contribution in [0, 0.1) is 3.57 Å². The zero-order valence-corrected chi connectivity index (χ0v) is 16.3. The van der Waals surface area contributed by atoms with Crippen LogP contribution < -0.4 is 14.9 Å². The summed E-state index contributed by atoms with van der Waals surface area (Å²) < 4.78 is 12.4. The van der Waals surface area contributed by atoms with Gasteiger partial charge >= 0.3 is 0 Å². The smallest absolute Gasteiger partial charge is 0.272 e. The molecular formula is C18H20IN3O3. The summed E-state index contributed by atoms with van der Waals surface area (Å²) in [6.07, 6.45) is 5.59. The van der Waals surface area contributed by atoms with Crippen molar-refractivity contribution in [3.05, 3.63) is 51.4 Å². The van der Waals surface area contributed by atoms with E-state index < -0.39 is 0 Å². The molecule has 0 unspecified atom stereocenters. The van der Waals surface area contributed by atoms with Crippen LogP contribution in [0.5, 0.6) is 11.5 Å². The van der Waals surface area contributed by atoms with E-state index in [0.29, 0.717) is 24.5 Å². The lowest BCUT2D eigenvalue weighted by molar-refractivity contribution is 0.0955. The van der Waals surface area contributed by atoms with Crippen LogP contribution in [0.3, 0.4) is 0 Å². The molecule has 0 aliphatic heterocycles. The van der Waals surface area contributed by atoms with E-state index in [4.69, 9.17) is 9.47 Å². The number of halogens is 1. The van der Waals surface area contributed by atoms with Crippen LogP contribution >= 0.6 is 22.6 Å². The van der Waals surface area contributed by atoms with E-state index in [1.165, 1.54) is 6.20 Å². The third-order valence-electron chi connectivity index (χ3n) is 3.09. The van der Waals surface area contributed by atoms with Gasteiger partial charge in [0.2, 0.25) is 0 Å². The zero-order chi connectivity index (χ0) is 18.1. The van der Waals surface area contributed by atoms with Crippen LogP contribution in [0.25, 0.3) is 0 Å². The average molecular weight is 453 g/mol. The van der Waals surface area contributed by atoms with Gasteiger partial charge in [-0.05, 0) is 65.8 Å². The van der Waals surface area contributed by atoms with Gasteiger partial charge in [-0.3, -0.25) is 9.78 Å². The first-order valence-electron chi connectivity index (χ1n) is 7.98. The monoisotopic (exact) mass is 453 g/mol. The lowest BCUT2D eigenvalue weighted by Gasteiger charge is -2.14. The minimum atomic E-state index is -0.313. The van der Waals surface area contributed by atoms with Crippen LogP contribution in [-0.4, -0.2) is 30.3 Å². The van der Waals surface area contributed by atoms with E-state index in [-0.39, 0.29) is 5.91 Å². The third kappa shape index (κ3) is 5.70. The Labute approximate surface area is 160 Å². The van der Waals surface area contributed by atoms with Crippen molar-refractivity contribution in [2.24, 2.45) is 5.10 Å². The Hall–Kier alpha value is -2.16. The predicted molar refractivity (Wildman–Crippen MR) is 105 cm³/mol. The van der Waals surface area contributed by atoms with Crippen molar-refractivity contribution >= 4 is 34.7 Å². The second kappa shape index (κ2) is 9.97. The number of carbonyl (C=O) groups excluding carboxylic acids is 1. The molecular weight excluding hydrogens is 433 g/mol. The van der Waals surface area contributed by atoms with Gasteiger partial charge in [-0.1, -0.05) is 6.92 Å². The van der Waals surface area contributed by atoms with Crippen molar-refractivity contribution < 1.29 is 14.3 Å². The van der Waals surface area contributed by atoms with E-state index in [9.17, 15) is 4.79 Å². The number of ether oxygens (including phenoxy) is 2. The Morgan fingerprint density at radius 2 is 2.20 bits per heavy atom. The molecule has 0 bridgehead atoms. The molecule has 0 saturated heterocycles. The van der Waals surface area contributed by atoms with Crippen LogP contribution in [0.2, 0.25) is 0 Å². The second-order valence-corrected chi connectivity index (χ2v) is 6.21. The maximum atomic E-state index is 11.9. The predicted octanol–water partition coefficient (Wildman–Crippen LogP) is 3.64. The number of pyridine rings is 1. The van der Waals surface area contributed by atoms with Crippen molar-refractivity contribution in [2.45, 2.75) is 20.3 Å². The summed E-state index contributed by atoms with van der Waals surface area (Å²) in [5.41, 5.74) is 3.74. The van der Waals surface area contributed by atoms with Crippen LogP contribution in [0.1, 0.15) is 36.2 Å². The van der Waals surface area contributed by atoms with Gasteiger partial charge in [-0.25, -0.2) is 5.43 Å². The SMILES string of the molecule is CCCOc1c(I)cc(/C=N/NC(=O)c2cccnc2)cc1OCC. The number of hydrogen-bond acceptors (Lipinski definition) is 5. The third-order valence-corrected chi connectivity index (χ3v) is 3.89. The largest absolute Gasteiger partial charge is 0.490 e. The van der Waals surface area contributed by atoms with Gasteiger partial charge in [0.15, 0.2) is 11.5 Å². The van der Waals surface area contributed by atoms with Gasteiger partial charge in [0.05, 0.1) is 28.6 Å². The molecule has 0 aliphatic carbocycles. The fourth-order valence-electron chi connectivity index (χ4n) is 2.00. The maximum absolute atomic E-state index is 11.9. The van der Waals surface area contributed by atoms with Crippen molar-refractivity contribution in [1.29, 1.82) is 0 Å². The Bertz CT molecular complexity index is 736.